The van der Waals surface area contributed by atoms with E-state index in [1.54, 1.807) is 12.3 Å². The highest BCUT2D eigenvalue weighted by molar-refractivity contribution is 5.61. The molecule has 2 nitrogen and oxygen atoms in total. The number of aromatic nitrogens is 1. The summed E-state index contributed by atoms with van der Waals surface area (Å²) < 4.78 is 0. The average molecular weight is 172 g/mol. The fraction of sp³-hybridized carbons (Fsp3) is 0.0909. The van der Waals surface area contributed by atoms with Gasteiger partial charge in [0, 0.05) is 12.4 Å². The van der Waals surface area contributed by atoms with Crippen molar-refractivity contribution in [2.45, 2.75) is 6.92 Å². The molecule has 1 heterocycles. The highest BCUT2D eigenvalue weighted by atomic mass is 14.6. The minimum absolute atomic E-state index is 0.575. The van der Waals surface area contributed by atoms with Crippen LogP contribution in [-0.2, 0) is 0 Å². The van der Waals surface area contributed by atoms with Crippen LogP contribution in [0.1, 0.15) is 18.1 Å². The minimum atomic E-state index is 0.575. The summed E-state index contributed by atoms with van der Waals surface area (Å²) in [6.07, 6.45) is 3.23. The van der Waals surface area contributed by atoms with Gasteiger partial charge in [-0.15, -0.1) is 13.2 Å². The van der Waals surface area contributed by atoms with E-state index in [0.717, 1.165) is 11.1 Å². The van der Waals surface area contributed by atoms with Crippen LogP contribution in [0.4, 0.5) is 0 Å². The fourth-order valence-electron chi connectivity index (χ4n) is 0.734. The van der Waals surface area contributed by atoms with Crippen LogP contribution in [0.5, 0.6) is 0 Å². The van der Waals surface area contributed by atoms with Gasteiger partial charge >= 0.3 is 0 Å². The van der Waals surface area contributed by atoms with E-state index in [4.69, 9.17) is 5.26 Å². The van der Waals surface area contributed by atoms with Gasteiger partial charge < -0.3 is 0 Å². The molecule has 2 heteroatoms. The molecule has 0 atom stereocenters. The van der Waals surface area contributed by atoms with E-state index in [9.17, 15) is 0 Å². The molecule has 1 aromatic heterocycles. The maximum absolute atomic E-state index is 8.52. The zero-order valence-corrected chi connectivity index (χ0v) is 7.75. The molecular formula is C11H12N2. The molecule has 0 N–H and O–H groups in total. The average Bonchev–Trinajstić information content (AvgIpc) is 2.21. The Bertz CT molecular complexity index is 334. The normalized spacial score (nSPS) is 7.69. The van der Waals surface area contributed by atoms with Crippen LogP contribution in [0.3, 0.4) is 0 Å². The van der Waals surface area contributed by atoms with Gasteiger partial charge in [-0.2, -0.15) is 5.26 Å². The second-order valence-electron chi connectivity index (χ2n) is 2.35. The van der Waals surface area contributed by atoms with Crippen LogP contribution >= 0.6 is 0 Å². The molecule has 1 aromatic rings. The molecule has 0 amide bonds. The van der Waals surface area contributed by atoms with Gasteiger partial charge in [-0.1, -0.05) is 6.58 Å². The van der Waals surface area contributed by atoms with E-state index >= 15 is 0 Å². The summed E-state index contributed by atoms with van der Waals surface area (Å²) >= 11 is 0. The third-order valence-electron chi connectivity index (χ3n) is 1.36. The van der Waals surface area contributed by atoms with E-state index < -0.39 is 0 Å². The van der Waals surface area contributed by atoms with Crippen molar-refractivity contribution in [3.63, 3.8) is 0 Å². The van der Waals surface area contributed by atoms with E-state index in [2.05, 4.69) is 24.7 Å². The van der Waals surface area contributed by atoms with Gasteiger partial charge in [-0.3, -0.25) is 4.98 Å². The number of nitrogens with zero attached hydrogens (tertiary/aromatic N) is 2. The lowest BCUT2D eigenvalue weighted by molar-refractivity contribution is 1.28. The number of pyridine rings is 1. The van der Waals surface area contributed by atoms with Crippen molar-refractivity contribution in [1.82, 2.24) is 4.98 Å². The molecule has 0 radical (unpaired) electrons. The van der Waals surface area contributed by atoms with Gasteiger partial charge in [0.25, 0.3) is 0 Å². The number of hydrogen-bond acceptors (Lipinski definition) is 2. The highest BCUT2D eigenvalue weighted by Gasteiger charge is 1.94. The summed E-state index contributed by atoms with van der Waals surface area (Å²) in [4.78, 5) is 3.89. The Kier molecular flexibility index (Phi) is 4.90. The van der Waals surface area contributed by atoms with Gasteiger partial charge in [0.05, 0.1) is 5.56 Å². The summed E-state index contributed by atoms with van der Waals surface area (Å²) in [5.41, 5.74) is 2.42. The molecule has 0 aromatic carbocycles. The van der Waals surface area contributed by atoms with Crippen LogP contribution in [0.2, 0.25) is 0 Å². The Balaban J connectivity index is 0.000000671. The minimum Gasteiger partial charge on any atom is -0.263 e. The first-order valence-corrected chi connectivity index (χ1v) is 3.75. The summed E-state index contributed by atoms with van der Waals surface area (Å²) in [5.74, 6) is 0. The molecule has 1 rings (SSSR count). The number of allylic oxidation sites excluding steroid dienone is 1. The lowest BCUT2D eigenvalue weighted by atomic mass is 10.1. The Hall–Kier alpha value is -1.88. The highest BCUT2D eigenvalue weighted by Crippen LogP contribution is 2.10. The molecule has 0 saturated heterocycles. The van der Waals surface area contributed by atoms with Crippen molar-refractivity contribution in [3.8, 4) is 6.07 Å². The van der Waals surface area contributed by atoms with Crippen molar-refractivity contribution in [2.24, 2.45) is 0 Å². The van der Waals surface area contributed by atoms with Crippen LogP contribution in [0, 0.1) is 11.3 Å². The Labute approximate surface area is 78.9 Å². The standard InChI is InChI=1S/C9H8N2.C2H4/c1-7(2)9-3-8(4-10)5-11-6-9;1-2/h3,5-6H,1H2,2H3;1-2H2. The molecule has 0 spiro atoms. The topological polar surface area (TPSA) is 36.7 Å². The number of rotatable bonds is 1. The van der Waals surface area contributed by atoms with Crippen molar-refractivity contribution in [2.75, 3.05) is 0 Å². The SMILES string of the molecule is C=C.C=C(C)c1cncc(C#N)c1. The zero-order valence-electron chi connectivity index (χ0n) is 7.75. The maximum Gasteiger partial charge on any atom is 0.101 e. The number of hydrogen-bond donors (Lipinski definition) is 0. The monoisotopic (exact) mass is 172 g/mol. The fourth-order valence-corrected chi connectivity index (χ4v) is 0.734. The number of nitriles is 1. The quantitative estimate of drug-likeness (QED) is 0.611. The first-order chi connectivity index (χ1) is 6.24. The van der Waals surface area contributed by atoms with Gasteiger partial charge in [0.1, 0.15) is 6.07 Å². The Morgan fingerprint density at radius 3 is 2.54 bits per heavy atom. The second-order valence-corrected chi connectivity index (χ2v) is 2.35. The maximum atomic E-state index is 8.52. The van der Waals surface area contributed by atoms with Crippen molar-refractivity contribution < 1.29 is 0 Å². The molecule has 0 fully saturated rings. The van der Waals surface area contributed by atoms with E-state index in [1.165, 1.54) is 6.20 Å². The molecule has 0 aliphatic rings. The Morgan fingerprint density at radius 1 is 1.46 bits per heavy atom. The van der Waals surface area contributed by atoms with Crippen LogP contribution in [0.25, 0.3) is 5.57 Å². The van der Waals surface area contributed by atoms with Crippen LogP contribution in [0.15, 0.2) is 38.2 Å². The Morgan fingerprint density at radius 2 is 2.08 bits per heavy atom. The summed E-state index contributed by atoms with van der Waals surface area (Å²) in [7, 11) is 0. The van der Waals surface area contributed by atoms with E-state index in [-0.39, 0.29) is 0 Å². The third kappa shape index (κ3) is 3.35. The van der Waals surface area contributed by atoms with Crippen molar-refractivity contribution in [3.05, 3.63) is 49.3 Å². The van der Waals surface area contributed by atoms with E-state index in [1.807, 2.05) is 13.0 Å². The summed E-state index contributed by atoms with van der Waals surface area (Å²) in [6.45, 7) is 11.6. The first kappa shape index (κ1) is 11.1. The third-order valence-corrected chi connectivity index (χ3v) is 1.36. The van der Waals surface area contributed by atoms with Gasteiger partial charge in [-0.25, -0.2) is 0 Å². The van der Waals surface area contributed by atoms with Gasteiger partial charge in [0.2, 0.25) is 0 Å². The lowest BCUT2D eigenvalue weighted by Gasteiger charge is -1.96. The van der Waals surface area contributed by atoms with Crippen LogP contribution < -0.4 is 0 Å². The smallest absolute Gasteiger partial charge is 0.101 e. The summed E-state index contributed by atoms with van der Waals surface area (Å²) in [6, 6.07) is 3.79. The molecule has 0 aliphatic carbocycles. The first-order valence-electron chi connectivity index (χ1n) is 3.75. The summed E-state index contributed by atoms with van der Waals surface area (Å²) in [5, 5.41) is 8.52. The van der Waals surface area contributed by atoms with Gasteiger partial charge in [0.15, 0.2) is 0 Å². The molecule has 0 bridgehead atoms. The van der Waals surface area contributed by atoms with Gasteiger partial charge in [-0.05, 0) is 24.1 Å². The molecule has 66 valence electrons. The molecular weight excluding hydrogens is 160 g/mol. The molecule has 0 unspecified atom stereocenters. The predicted octanol–water partition coefficient (Wildman–Crippen LogP) is 2.79. The molecule has 0 saturated carbocycles. The largest absolute Gasteiger partial charge is 0.263 e. The zero-order chi connectivity index (χ0) is 10.3. The van der Waals surface area contributed by atoms with Crippen molar-refractivity contribution >= 4 is 5.57 Å². The predicted molar refractivity (Wildman–Crippen MR) is 54.9 cm³/mol. The van der Waals surface area contributed by atoms with E-state index in [0.29, 0.717) is 5.56 Å². The molecule has 13 heavy (non-hydrogen) atoms. The van der Waals surface area contributed by atoms with Crippen molar-refractivity contribution in [1.29, 1.82) is 5.26 Å². The molecule has 0 aliphatic heterocycles. The second kappa shape index (κ2) is 5.73. The van der Waals surface area contributed by atoms with Crippen LogP contribution in [-0.4, -0.2) is 4.98 Å². The lowest BCUT2D eigenvalue weighted by Crippen LogP contribution is -1.83.